The number of benzene rings is 2. The Morgan fingerprint density at radius 3 is 2.30 bits per heavy atom. The molecule has 3 aromatic rings. The second-order valence-corrected chi connectivity index (χ2v) is 5.46. The zero-order valence-electron chi connectivity index (χ0n) is 13.3. The minimum Gasteiger partial charge on any atom is -0.494 e. The Balaban J connectivity index is 1.89. The van der Waals surface area contributed by atoms with E-state index in [2.05, 4.69) is 10.2 Å². The number of methoxy groups -OCH3 is 1. The predicted octanol–water partition coefficient (Wildman–Crippen LogP) is 3.96. The van der Waals surface area contributed by atoms with Crippen LogP contribution in [-0.2, 0) is 0 Å². The number of halogens is 1. The number of hydrogen-bond donors (Lipinski definition) is 1. The molecule has 23 heavy (non-hydrogen) atoms. The lowest BCUT2D eigenvalue weighted by Gasteiger charge is -2.12. The third kappa shape index (κ3) is 3.04. The molecule has 0 fully saturated rings. The van der Waals surface area contributed by atoms with E-state index in [1.165, 1.54) is 13.2 Å². The van der Waals surface area contributed by atoms with E-state index in [9.17, 15) is 4.39 Å². The zero-order chi connectivity index (χ0) is 16.4. The normalized spacial score (nSPS) is 10.6. The summed E-state index contributed by atoms with van der Waals surface area (Å²) in [4.78, 5) is 2.04. The van der Waals surface area contributed by atoms with E-state index in [0.717, 1.165) is 28.2 Å². The van der Waals surface area contributed by atoms with E-state index in [0.29, 0.717) is 0 Å². The summed E-state index contributed by atoms with van der Waals surface area (Å²) in [5, 5.41) is 7.27. The van der Waals surface area contributed by atoms with Gasteiger partial charge in [0.25, 0.3) is 0 Å². The quantitative estimate of drug-likeness (QED) is 0.793. The van der Waals surface area contributed by atoms with Crippen LogP contribution in [0.4, 0.5) is 10.1 Å². The summed E-state index contributed by atoms with van der Waals surface area (Å²) in [7, 11) is 5.45. The highest BCUT2D eigenvalue weighted by Gasteiger charge is 2.09. The van der Waals surface area contributed by atoms with Gasteiger partial charge in [0.05, 0.1) is 18.5 Å². The average Bonchev–Trinajstić information content (AvgIpc) is 3.05. The third-order valence-electron chi connectivity index (χ3n) is 3.72. The van der Waals surface area contributed by atoms with Gasteiger partial charge in [0.1, 0.15) is 0 Å². The highest BCUT2D eigenvalue weighted by molar-refractivity contribution is 5.69. The highest BCUT2D eigenvalue weighted by Crippen LogP contribution is 2.28. The fraction of sp³-hybridized carbons (Fsp3) is 0.167. The van der Waals surface area contributed by atoms with Crippen molar-refractivity contribution in [3.63, 3.8) is 0 Å². The fourth-order valence-electron chi connectivity index (χ4n) is 2.38. The first-order chi connectivity index (χ1) is 11.1. The molecule has 1 aromatic heterocycles. The number of rotatable bonds is 4. The summed E-state index contributed by atoms with van der Waals surface area (Å²) in [6.07, 6.45) is 0. The van der Waals surface area contributed by atoms with Crippen molar-refractivity contribution in [3.8, 4) is 28.3 Å². The van der Waals surface area contributed by atoms with Crippen LogP contribution in [0, 0.1) is 5.82 Å². The van der Waals surface area contributed by atoms with Crippen LogP contribution in [0.3, 0.4) is 0 Å². The lowest BCUT2D eigenvalue weighted by Crippen LogP contribution is -2.07. The van der Waals surface area contributed by atoms with Crippen molar-refractivity contribution in [2.24, 2.45) is 0 Å². The minimum absolute atomic E-state index is 0.229. The Hall–Kier alpha value is -2.82. The average molecular weight is 311 g/mol. The van der Waals surface area contributed by atoms with Crippen molar-refractivity contribution in [1.82, 2.24) is 10.2 Å². The van der Waals surface area contributed by atoms with E-state index in [1.54, 1.807) is 12.1 Å². The molecule has 0 aliphatic carbocycles. The van der Waals surface area contributed by atoms with E-state index < -0.39 is 5.82 Å². The Morgan fingerprint density at radius 2 is 1.70 bits per heavy atom. The second-order valence-electron chi connectivity index (χ2n) is 5.46. The Kier molecular flexibility index (Phi) is 4.02. The molecule has 0 unspecified atom stereocenters. The van der Waals surface area contributed by atoms with Crippen molar-refractivity contribution < 1.29 is 9.13 Å². The predicted molar refractivity (Wildman–Crippen MR) is 90.3 cm³/mol. The molecule has 5 heteroatoms. The van der Waals surface area contributed by atoms with Gasteiger partial charge in [-0.15, -0.1) is 0 Å². The van der Waals surface area contributed by atoms with Crippen molar-refractivity contribution >= 4 is 5.69 Å². The first-order valence-electron chi connectivity index (χ1n) is 7.25. The van der Waals surface area contributed by atoms with E-state index in [-0.39, 0.29) is 5.75 Å². The molecule has 0 aliphatic rings. The lowest BCUT2D eigenvalue weighted by molar-refractivity contribution is 0.386. The topological polar surface area (TPSA) is 41.1 Å². The summed E-state index contributed by atoms with van der Waals surface area (Å²) < 4.78 is 18.8. The molecule has 118 valence electrons. The van der Waals surface area contributed by atoms with Gasteiger partial charge >= 0.3 is 0 Å². The van der Waals surface area contributed by atoms with Gasteiger partial charge in [-0.3, -0.25) is 5.10 Å². The van der Waals surface area contributed by atoms with Crippen molar-refractivity contribution in [1.29, 1.82) is 0 Å². The molecule has 4 nitrogen and oxygen atoms in total. The Bertz CT molecular complexity index is 809. The summed E-state index contributed by atoms with van der Waals surface area (Å²) in [5.74, 6) is -0.163. The number of ether oxygens (including phenoxy) is 1. The molecule has 0 bridgehead atoms. The highest BCUT2D eigenvalue weighted by atomic mass is 19.1. The first kappa shape index (κ1) is 15.1. The molecule has 1 N–H and O–H groups in total. The molecule has 3 rings (SSSR count). The van der Waals surface area contributed by atoms with E-state index in [1.807, 2.05) is 49.3 Å². The van der Waals surface area contributed by atoms with Crippen LogP contribution >= 0.6 is 0 Å². The third-order valence-corrected chi connectivity index (χ3v) is 3.72. The fourth-order valence-corrected chi connectivity index (χ4v) is 2.38. The maximum Gasteiger partial charge on any atom is 0.165 e. The molecule has 0 spiro atoms. The van der Waals surface area contributed by atoms with Gasteiger partial charge in [-0.2, -0.15) is 5.10 Å². The van der Waals surface area contributed by atoms with Gasteiger partial charge in [-0.05, 0) is 36.4 Å². The van der Waals surface area contributed by atoms with Crippen LogP contribution in [0.5, 0.6) is 5.75 Å². The summed E-state index contributed by atoms with van der Waals surface area (Å²) >= 11 is 0. The van der Waals surface area contributed by atoms with Crippen molar-refractivity contribution in [2.75, 3.05) is 26.1 Å². The molecule has 0 saturated heterocycles. The molecule has 0 amide bonds. The van der Waals surface area contributed by atoms with E-state index >= 15 is 0 Å². The van der Waals surface area contributed by atoms with E-state index in [4.69, 9.17) is 4.74 Å². The number of aromatic amines is 1. The van der Waals surface area contributed by atoms with Crippen LogP contribution in [0.2, 0.25) is 0 Å². The minimum atomic E-state index is -0.392. The van der Waals surface area contributed by atoms with Crippen LogP contribution in [0.15, 0.2) is 48.5 Å². The molecule has 2 aromatic carbocycles. The van der Waals surface area contributed by atoms with Gasteiger partial charge in [0.15, 0.2) is 11.6 Å². The van der Waals surface area contributed by atoms with Gasteiger partial charge in [-0.25, -0.2) is 4.39 Å². The number of H-pyrrole nitrogens is 1. The molecule has 0 aliphatic heterocycles. The Morgan fingerprint density at radius 1 is 1.00 bits per heavy atom. The first-order valence-corrected chi connectivity index (χ1v) is 7.25. The lowest BCUT2D eigenvalue weighted by atomic mass is 10.1. The van der Waals surface area contributed by atoms with Crippen LogP contribution < -0.4 is 9.64 Å². The second kappa shape index (κ2) is 6.12. The summed E-state index contributed by atoms with van der Waals surface area (Å²) in [6, 6.07) is 14.9. The van der Waals surface area contributed by atoms with Gasteiger partial charge in [-0.1, -0.05) is 12.1 Å². The van der Waals surface area contributed by atoms with Crippen molar-refractivity contribution in [3.05, 3.63) is 54.3 Å². The number of nitrogens with one attached hydrogen (secondary N) is 1. The van der Waals surface area contributed by atoms with Crippen LogP contribution in [0.25, 0.3) is 22.5 Å². The SMILES string of the molecule is COc1ccc(-c2cc(-c3ccc(N(C)C)cc3)n[nH]2)cc1F. The maximum atomic E-state index is 13.8. The monoisotopic (exact) mass is 311 g/mol. The molecule has 0 atom stereocenters. The molecular weight excluding hydrogens is 293 g/mol. The number of aromatic nitrogens is 2. The molecule has 0 saturated carbocycles. The van der Waals surface area contributed by atoms with Gasteiger partial charge in [0.2, 0.25) is 0 Å². The smallest absolute Gasteiger partial charge is 0.165 e. The number of anilines is 1. The Labute approximate surface area is 134 Å². The summed E-state index contributed by atoms with van der Waals surface area (Å²) in [5.41, 5.74) is 4.44. The standard InChI is InChI=1S/C18H18FN3O/c1-22(2)14-7-4-12(5-8-14)16-11-17(21-20-16)13-6-9-18(23-3)15(19)10-13/h4-11H,1-3H3,(H,20,21). The van der Waals surface area contributed by atoms with Crippen molar-refractivity contribution in [2.45, 2.75) is 0 Å². The molecule has 0 radical (unpaired) electrons. The molecular formula is C18H18FN3O. The largest absolute Gasteiger partial charge is 0.494 e. The van der Waals surface area contributed by atoms with Gasteiger partial charge in [0, 0.05) is 30.9 Å². The number of nitrogens with zero attached hydrogens (tertiary/aromatic N) is 2. The maximum absolute atomic E-state index is 13.8. The number of hydrogen-bond acceptors (Lipinski definition) is 3. The van der Waals surface area contributed by atoms with Crippen LogP contribution in [0.1, 0.15) is 0 Å². The van der Waals surface area contributed by atoms with Gasteiger partial charge < -0.3 is 9.64 Å². The van der Waals surface area contributed by atoms with Crippen LogP contribution in [-0.4, -0.2) is 31.4 Å². The molecule has 1 heterocycles. The summed E-state index contributed by atoms with van der Waals surface area (Å²) in [6.45, 7) is 0. The zero-order valence-corrected chi connectivity index (χ0v) is 13.3.